The minimum Gasteiger partial charge on any atom is -0.351 e. The molecule has 1 aromatic carbocycles. The second kappa shape index (κ2) is 6.84. The Hall–Kier alpha value is -1.00. The van der Waals surface area contributed by atoms with E-state index in [2.05, 4.69) is 41.2 Å². The Morgan fingerprint density at radius 1 is 1.24 bits per heavy atom. The largest absolute Gasteiger partial charge is 0.351 e. The molecule has 0 aromatic heterocycles. The highest BCUT2D eigenvalue weighted by Gasteiger charge is 2.29. The van der Waals surface area contributed by atoms with Crippen LogP contribution in [-0.2, 0) is 17.8 Å². The maximum absolute atomic E-state index is 12.6. The van der Waals surface area contributed by atoms with Gasteiger partial charge < -0.3 is 10.6 Å². The van der Waals surface area contributed by atoms with Crippen LogP contribution in [0.15, 0.2) is 24.3 Å². The van der Waals surface area contributed by atoms with Crippen molar-refractivity contribution < 1.29 is 4.79 Å². The number of carbonyl (C=O) groups excluding carboxylic acids is 1. The Kier molecular flexibility index (Phi) is 4.86. The lowest BCUT2D eigenvalue weighted by Gasteiger charge is -2.33. The number of thioether (sulfide) groups is 1. The lowest BCUT2D eigenvalue weighted by atomic mass is 9.93. The number of carbonyl (C=O) groups is 1. The average Bonchev–Trinajstić information content (AvgIpc) is 2.55. The fourth-order valence-electron chi connectivity index (χ4n) is 3.47. The molecule has 2 aliphatic rings. The van der Waals surface area contributed by atoms with Crippen LogP contribution in [0.1, 0.15) is 36.8 Å². The van der Waals surface area contributed by atoms with Gasteiger partial charge in [0.1, 0.15) is 0 Å². The summed E-state index contributed by atoms with van der Waals surface area (Å²) in [6.07, 6.45) is 7.85. The first-order valence-corrected chi connectivity index (χ1v) is 9.20. The van der Waals surface area contributed by atoms with Crippen molar-refractivity contribution in [1.82, 2.24) is 10.6 Å². The Morgan fingerprint density at radius 2 is 2.00 bits per heavy atom. The van der Waals surface area contributed by atoms with Crippen molar-refractivity contribution in [3.8, 4) is 0 Å². The van der Waals surface area contributed by atoms with Crippen molar-refractivity contribution in [2.24, 2.45) is 0 Å². The minimum absolute atomic E-state index is 0.0793. The minimum atomic E-state index is -0.0793. The molecule has 1 aromatic rings. The maximum atomic E-state index is 12.6. The Morgan fingerprint density at radius 3 is 2.81 bits per heavy atom. The molecular weight excluding hydrogens is 280 g/mol. The third kappa shape index (κ3) is 3.43. The molecule has 0 saturated heterocycles. The molecule has 1 aliphatic carbocycles. The molecule has 21 heavy (non-hydrogen) atoms. The van der Waals surface area contributed by atoms with Crippen LogP contribution in [0.5, 0.6) is 0 Å². The van der Waals surface area contributed by atoms with Gasteiger partial charge in [-0.2, -0.15) is 11.8 Å². The van der Waals surface area contributed by atoms with Crippen LogP contribution < -0.4 is 10.6 Å². The molecule has 0 spiro atoms. The van der Waals surface area contributed by atoms with E-state index in [0.29, 0.717) is 11.3 Å². The molecule has 1 heterocycles. The van der Waals surface area contributed by atoms with E-state index in [4.69, 9.17) is 0 Å². The zero-order valence-electron chi connectivity index (χ0n) is 12.6. The number of rotatable bonds is 3. The van der Waals surface area contributed by atoms with E-state index in [9.17, 15) is 4.79 Å². The third-order valence-corrected chi connectivity index (χ3v) is 5.90. The van der Waals surface area contributed by atoms with Gasteiger partial charge in [0.25, 0.3) is 0 Å². The molecule has 1 amide bonds. The van der Waals surface area contributed by atoms with Crippen molar-refractivity contribution in [1.29, 1.82) is 0 Å². The van der Waals surface area contributed by atoms with Crippen LogP contribution in [-0.4, -0.2) is 29.5 Å². The van der Waals surface area contributed by atoms with Crippen LogP contribution in [0.25, 0.3) is 0 Å². The molecule has 4 heteroatoms. The Balaban J connectivity index is 1.61. The molecule has 0 bridgehead atoms. The van der Waals surface area contributed by atoms with Gasteiger partial charge in [0.2, 0.25) is 5.91 Å². The van der Waals surface area contributed by atoms with Gasteiger partial charge in [-0.05, 0) is 36.6 Å². The van der Waals surface area contributed by atoms with E-state index in [1.165, 1.54) is 30.4 Å². The van der Waals surface area contributed by atoms with Gasteiger partial charge in [-0.15, -0.1) is 0 Å². The smallest absolute Gasteiger partial charge is 0.237 e. The first-order chi connectivity index (χ1) is 10.3. The number of hydrogen-bond acceptors (Lipinski definition) is 3. The molecule has 1 fully saturated rings. The summed E-state index contributed by atoms with van der Waals surface area (Å²) < 4.78 is 0. The second-order valence-electron chi connectivity index (χ2n) is 6.08. The summed E-state index contributed by atoms with van der Waals surface area (Å²) in [5.74, 6) is 0.176. The van der Waals surface area contributed by atoms with Crippen molar-refractivity contribution in [3.05, 3.63) is 35.4 Å². The van der Waals surface area contributed by atoms with Crippen molar-refractivity contribution in [2.75, 3.05) is 6.26 Å². The van der Waals surface area contributed by atoms with Gasteiger partial charge >= 0.3 is 0 Å². The van der Waals surface area contributed by atoms with Crippen molar-refractivity contribution >= 4 is 17.7 Å². The third-order valence-electron chi connectivity index (χ3n) is 4.73. The molecule has 1 aliphatic heterocycles. The molecule has 3 nitrogen and oxygen atoms in total. The van der Waals surface area contributed by atoms with Gasteiger partial charge in [0.05, 0.1) is 6.04 Å². The fraction of sp³-hybridized carbons (Fsp3) is 0.588. The summed E-state index contributed by atoms with van der Waals surface area (Å²) in [5.41, 5.74) is 2.63. The predicted octanol–water partition coefficient (Wildman–Crippen LogP) is 2.49. The van der Waals surface area contributed by atoms with E-state index >= 15 is 0 Å². The van der Waals surface area contributed by atoms with Crippen LogP contribution in [0, 0.1) is 0 Å². The Bertz CT molecular complexity index is 505. The highest BCUT2D eigenvalue weighted by atomic mass is 32.2. The lowest BCUT2D eigenvalue weighted by Crippen LogP contribution is -2.53. The van der Waals surface area contributed by atoms with E-state index in [1.807, 2.05) is 11.8 Å². The number of hydrogen-bond donors (Lipinski definition) is 2. The average molecular weight is 304 g/mol. The number of benzene rings is 1. The maximum Gasteiger partial charge on any atom is 0.237 e. The number of fused-ring (bicyclic) bond motifs is 1. The van der Waals surface area contributed by atoms with E-state index in [0.717, 1.165) is 19.4 Å². The molecule has 3 rings (SSSR count). The molecular formula is C17H24N2OS. The van der Waals surface area contributed by atoms with Crippen molar-refractivity contribution in [2.45, 2.75) is 56.0 Å². The van der Waals surface area contributed by atoms with E-state index in [1.54, 1.807) is 0 Å². The normalized spacial score (nSPS) is 28.7. The quantitative estimate of drug-likeness (QED) is 0.901. The monoisotopic (exact) mass is 304 g/mol. The van der Waals surface area contributed by atoms with Crippen LogP contribution in [0.4, 0.5) is 0 Å². The highest BCUT2D eigenvalue weighted by molar-refractivity contribution is 7.99. The summed E-state index contributed by atoms with van der Waals surface area (Å²) in [6.45, 7) is 0.797. The van der Waals surface area contributed by atoms with E-state index < -0.39 is 0 Å². The predicted molar refractivity (Wildman–Crippen MR) is 88.5 cm³/mol. The zero-order chi connectivity index (χ0) is 14.7. The summed E-state index contributed by atoms with van der Waals surface area (Å²) in [7, 11) is 0. The number of nitrogens with one attached hydrogen (secondary N) is 2. The van der Waals surface area contributed by atoms with E-state index in [-0.39, 0.29) is 11.9 Å². The first-order valence-electron chi connectivity index (χ1n) is 7.91. The second-order valence-corrected chi connectivity index (χ2v) is 7.16. The van der Waals surface area contributed by atoms with Crippen LogP contribution >= 0.6 is 11.8 Å². The Labute approximate surface area is 131 Å². The molecule has 3 atom stereocenters. The number of amides is 1. The van der Waals surface area contributed by atoms with Crippen molar-refractivity contribution in [3.63, 3.8) is 0 Å². The summed E-state index contributed by atoms with van der Waals surface area (Å²) in [6, 6.07) is 8.67. The topological polar surface area (TPSA) is 41.1 Å². The van der Waals surface area contributed by atoms with Gasteiger partial charge in [0, 0.05) is 17.8 Å². The molecule has 2 unspecified atom stereocenters. The van der Waals surface area contributed by atoms with Crippen LogP contribution in [0.2, 0.25) is 0 Å². The van der Waals surface area contributed by atoms with Gasteiger partial charge in [0.15, 0.2) is 0 Å². The fourth-order valence-corrected chi connectivity index (χ4v) is 4.40. The summed E-state index contributed by atoms with van der Waals surface area (Å²) >= 11 is 1.90. The van der Waals surface area contributed by atoms with Crippen LogP contribution in [0.3, 0.4) is 0 Å². The first kappa shape index (κ1) is 14.9. The highest BCUT2D eigenvalue weighted by Crippen LogP contribution is 2.27. The van der Waals surface area contributed by atoms with Gasteiger partial charge in [-0.1, -0.05) is 37.1 Å². The SMILES string of the molecule is CSC1CCCCC1NC(=O)[C@H]1Cc2ccccc2CN1. The van der Waals surface area contributed by atoms with Gasteiger partial charge in [-0.3, -0.25) is 4.79 Å². The summed E-state index contributed by atoms with van der Waals surface area (Å²) in [4.78, 5) is 12.6. The standard InChI is InChI=1S/C17H24N2OS/c1-21-16-9-5-4-8-14(16)19-17(20)15-10-12-6-2-3-7-13(12)11-18-15/h2-3,6-7,14-16,18H,4-5,8-11H2,1H3,(H,19,20)/t14?,15-,16?/m1/s1. The molecule has 0 radical (unpaired) electrons. The summed E-state index contributed by atoms with van der Waals surface area (Å²) in [5, 5.41) is 7.26. The molecule has 114 valence electrons. The van der Waals surface area contributed by atoms with Gasteiger partial charge in [-0.25, -0.2) is 0 Å². The zero-order valence-corrected chi connectivity index (χ0v) is 13.4. The lowest BCUT2D eigenvalue weighted by molar-refractivity contribution is -0.124. The molecule has 2 N–H and O–H groups in total. The molecule has 1 saturated carbocycles.